The van der Waals surface area contributed by atoms with E-state index in [1.54, 1.807) is 0 Å². The van der Waals surface area contributed by atoms with E-state index in [-0.39, 0.29) is 5.41 Å². The number of imidazole rings is 2. The number of benzene rings is 8. The third kappa shape index (κ3) is 6.47. The van der Waals surface area contributed by atoms with Crippen molar-refractivity contribution in [2.45, 2.75) is 97.3 Å². The molecule has 8 aromatic carbocycles. The first kappa shape index (κ1) is 39.6. The number of fused-ring (bicyclic) bond motifs is 15. The monoisotopic (exact) mass is 822 g/mol. The van der Waals surface area contributed by atoms with Crippen molar-refractivity contribution in [3.63, 3.8) is 0 Å². The van der Waals surface area contributed by atoms with Gasteiger partial charge in [-0.15, -0.1) is 0 Å². The molecule has 4 nitrogen and oxygen atoms in total. The molecule has 0 radical (unpaired) electrons. The summed E-state index contributed by atoms with van der Waals surface area (Å²) in [4.78, 5) is 18.7. The molecule has 1 aliphatic rings. The Kier molecular flexibility index (Phi) is 10.1. The Morgan fingerprint density at radius 3 is 1.19 bits per heavy atom. The molecule has 0 aliphatic heterocycles. The lowest BCUT2D eigenvalue weighted by atomic mass is 9.65. The van der Waals surface area contributed by atoms with Crippen LogP contribution in [0.25, 0.3) is 99.1 Å². The zero-order valence-electron chi connectivity index (χ0n) is 37.3. The third-order valence-electron chi connectivity index (χ3n) is 15.0. The molecule has 10 aromatic rings. The largest absolute Gasteiger partial charge is 0.337 e. The number of hydrogen-bond donors (Lipinski definition) is 2. The van der Waals surface area contributed by atoms with Crippen LogP contribution in [0.2, 0.25) is 0 Å². The quantitative estimate of drug-likeness (QED) is 0.107. The number of aromatic nitrogens is 4. The van der Waals surface area contributed by atoms with Gasteiger partial charge < -0.3 is 9.97 Å². The lowest BCUT2D eigenvalue weighted by Crippen LogP contribution is -2.31. The predicted octanol–water partition coefficient (Wildman–Crippen LogP) is 16.9. The van der Waals surface area contributed by atoms with Gasteiger partial charge in [-0.1, -0.05) is 200 Å². The Bertz CT molecular complexity index is 2960. The standard InChI is InChI=1S/C59H58N4/c1-5-9-19-37(7-3)35-59(36-38(8-4)20-10-6-2)51-33-39(57-60-53-47-25-15-11-21-41(47)42-22-12-16-26-48(42)54(53)61-57)29-31-45(51)46-32-30-40(34-52(46)59)58-62-55-49-27-17-13-23-43(49)44-24-14-18-28-50(44)56(55)63-58/h11-18,21-34,37-38H,5-10,19-20,35-36H2,1-4H3,(H,60,61)(H,62,63). The summed E-state index contributed by atoms with van der Waals surface area (Å²) in [5.41, 5.74) is 12.2. The predicted molar refractivity (Wildman–Crippen MR) is 269 cm³/mol. The van der Waals surface area contributed by atoms with Crippen LogP contribution in [0.1, 0.15) is 103 Å². The average molecular weight is 823 g/mol. The highest BCUT2D eigenvalue weighted by Crippen LogP contribution is 2.58. The van der Waals surface area contributed by atoms with E-state index in [1.807, 2.05) is 0 Å². The number of rotatable bonds is 14. The SMILES string of the molecule is CCCCC(CC)CC1(CC(CC)CCCC)c2cc(-c3nc4c5ccccc5c5ccccc5c4[nH]3)ccc2-c2ccc(-c3nc4c5ccccc5c5ccccc5c4[nH]3)cc21. The first-order valence-corrected chi connectivity index (χ1v) is 23.9. The summed E-state index contributed by atoms with van der Waals surface area (Å²) in [7, 11) is 0. The van der Waals surface area contributed by atoms with E-state index in [1.165, 1.54) is 117 Å². The van der Waals surface area contributed by atoms with Crippen LogP contribution in [0, 0.1) is 11.8 Å². The lowest BCUT2D eigenvalue weighted by molar-refractivity contribution is 0.266. The second-order valence-electron chi connectivity index (χ2n) is 18.6. The lowest BCUT2D eigenvalue weighted by Gasteiger charge is -2.39. The second kappa shape index (κ2) is 16.1. The molecule has 0 amide bonds. The van der Waals surface area contributed by atoms with E-state index >= 15 is 0 Å². The summed E-state index contributed by atoms with van der Waals surface area (Å²) < 4.78 is 0. The Morgan fingerprint density at radius 2 is 0.810 bits per heavy atom. The Hall–Kier alpha value is -6.26. The summed E-state index contributed by atoms with van der Waals surface area (Å²) in [5, 5.41) is 9.84. The molecular formula is C59H58N4. The summed E-state index contributed by atoms with van der Waals surface area (Å²) in [5.74, 6) is 3.12. The molecule has 0 bridgehead atoms. The number of unbranched alkanes of at least 4 members (excludes halogenated alkanes) is 2. The molecule has 1 aliphatic carbocycles. The zero-order valence-corrected chi connectivity index (χ0v) is 37.3. The minimum absolute atomic E-state index is 0.156. The van der Waals surface area contributed by atoms with Gasteiger partial charge in [-0.05, 0) is 80.6 Å². The molecule has 4 heteroatoms. The minimum Gasteiger partial charge on any atom is -0.337 e. The molecule has 2 aromatic heterocycles. The van der Waals surface area contributed by atoms with Crippen molar-refractivity contribution in [1.29, 1.82) is 0 Å². The van der Waals surface area contributed by atoms with Crippen LogP contribution < -0.4 is 0 Å². The van der Waals surface area contributed by atoms with Crippen LogP contribution in [0.4, 0.5) is 0 Å². The molecule has 2 unspecified atom stereocenters. The van der Waals surface area contributed by atoms with E-state index in [0.717, 1.165) is 57.7 Å². The zero-order chi connectivity index (χ0) is 42.7. The smallest absolute Gasteiger partial charge is 0.138 e. The molecule has 0 fully saturated rings. The maximum Gasteiger partial charge on any atom is 0.138 e. The van der Waals surface area contributed by atoms with Gasteiger partial charge in [-0.2, -0.15) is 0 Å². The molecular weight excluding hydrogens is 765 g/mol. The van der Waals surface area contributed by atoms with Crippen LogP contribution in [-0.4, -0.2) is 19.9 Å². The van der Waals surface area contributed by atoms with E-state index in [0.29, 0.717) is 11.8 Å². The molecule has 2 atom stereocenters. The fraction of sp³-hybridized carbons (Fsp3) is 0.288. The Balaban J connectivity index is 1.13. The number of aromatic amines is 2. The molecule has 0 saturated carbocycles. The molecule has 0 spiro atoms. The van der Waals surface area contributed by atoms with Crippen molar-refractivity contribution in [1.82, 2.24) is 19.9 Å². The highest BCUT2D eigenvalue weighted by Gasteiger charge is 2.46. The number of nitrogens with one attached hydrogen (secondary N) is 2. The number of H-pyrrole nitrogens is 2. The van der Waals surface area contributed by atoms with E-state index in [4.69, 9.17) is 9.97 Å². The third-order valence-corrected chi connectivity index (χ3v) is 15.0. The van der Waals surface area contributed by atoms with Crippen molar-refractivity contribution in [2.24, 2.45) is 11.8 Å². The van der Waals surface area contributed by atoms with Crippen molar-refractivity contribution in [3.8, 4) is 33.9 Å². The summed E-state index contributed by atoms with van der Waals surface area (Å²) in [6, 6.07) is 49.7. The second-order valence-corrected chi connectivity index (χ2v) is 18.6. The summed E-state index contributed by atoms with van der Waals surface area (Å²) >= 11 is 0. The van der Waals surface area contributed by atoms with Crippen molar-refractivity contribution >= 4 is 65.2 Å². The number of hydrogen-bond acceptors (Lipinski definition) is 2. The van der Waals surface area contributed by atoms with Gasteiger partial charge in [0.15, 0.2) is 0 Å². The highest BCUT2D eigenvalue weighted by molar-refractivity contribution is 6.24. The van der Waals surface area contributed by atoms with Crippen molar-refractivity contribution in [2.75, 3.05) is 0 Å². The van der Waals surface area contributed by atoms with E-state index < -0.39 is 0 Å². The molecule has 11 rings (SSSR count). The van der Waals surface area contributed by atoms with Crippen molar-refractivity contribution in [3.05, 3.63) is 145 Å². The molecule has 2 N–H and O–H groups in total. The van der Waals surface area contributed by atoms with E-state index in [2.05, 4.69) is 171 Å². The summed E-state index contributed by atoms with van der Waals surface area (Å²) in [6.45, 7) is 9.55. The first-order chi connectivity index (χ1) is 31.0. The van der Waals surface area contributed by atoms with Gasteiger partial charge in [0.1, 0.15) is 11.6 Å². The molecule has 63 heavy (non-hydrogen) atoms. The highest BCUT2D eigenvalue weighted by atomic mass is 14.9. The van der Waals surface area contributed by atoms with Gasteiger partial charge in [-0.3, -0.25) is 0 Å². The molecule has 0 saturated heterocycles. The van der Waals surface area contributed by atoms with Crippen molar-refractivity contribution < 1.29 is 0 Å². The van der Waals surface area contributed by atoms with Crippen LogP contribution in [0.5, 0.6) is 0 Å². The van der Waals surface area contributed by atoms with Gasteiger partial charge >= 0.3 is 0 Å². The first-order valence-electron chi connectivity index (χ1n) is 23.9. The maximum atomic E-state index is 5.47. The van der Waals surface area contributed by atoms with E-state index in [9.17, 15) is 0 Å². The topological polar surface area (TPSA) is 57.4 Å². The normalized spacial score (nSPS) is 14.3. The summed E-state index contributed by atoms with van der Waals surface area (Å²) in [6.07, 6.45) is 12.2. The van der Waals surface area contributed by atoms with Crippen LogP contribution in [-0.2, 0) is 5.41 Å². The average Bonchev–Trinajstić information content (AvgIpc) is 4.06. The maximum absolute atomic E-state index is 5.47. The fourth-order valence-corrected chi connectivity index (χ4v) is 11.7. The van der Waals surface area contributed by atoms with Gasteiger partial charge in [0.25, 0.3) is 0 Å². The van der Waals surface area contributed by atoms with Crippen LogP contribution >= 0.6 is 0 Å². The van der Waals surface area contributed by atoms with Crippen LogP contribution in [0.3, 0.4) is 0 Å². The van der Waals surface area contributed by atoms with Gasteiger partial charge in [-0.25, -0.2) is 9.97 Å². The van der Waals surface area contributed by atoms with Gasteiger partial charge in [0, 0.05) is 38.1 Å². The fourth-order valence-electron chi connectivity index (χ4n) is 11.7. The van der Waals surface area contributed by atoms with Gasteiger partial charge in [0.2, 0.25) is 0 Å². The number of nitrogens with zero attached hydrogens (tertiary/aromatic N) is 2. The molecule has 2 heterocycles. The minimum atomic E-state index is -0.156. The van der Waals surface area contributed by atoms with Gasteiger partial charge in [0.05, 0.1) is 22.1 Å². The Labute approximate surface area is 371 Å². The van der Waals surface area contributed by atoms with Crippen LogP contribution in [0.15, 0.2) is 133 Å². The Morgan fingerprint density at radius 1 is 0.444 bits per heavy atom. The molecule has 314 valence electrons.